The summed E-state index contributed by atoms with van der Waals surface area (Å²) in [6, 6.07) is 40.4. The summed E-state index contributed by atoms with van der Waals surface area (Å²) < 4.78 is 1.42. The second-order valence-corrected chi connectivity index (χ2v) is 10.6. The molecule has 0 heterocycles. The molecule has 0 aliphatic heterocycles. The Labute approximate surface area is 243 Å². The van der Waals surface area contributed by atoms with E-state index in [0.29, 0.717) is 0 Å². The van der Waals surface area contributed by atoms with E-state index in [4.69, 9.17) is 0 Å². The van der Waals surface area contributed by atoms with Gasteiger partial charge in [0.1, 0.15) is 0 Å². The van der Waals surface area contributed by atoms with Gasteiger partial charge in [-0.3, -0.25) is 6.08 Å². The molecule has 5 aromatic rings. The van der Waals surface area contributed by atoms with E-state index in [0.717, 1.165) is 12.8 Å². The molecular weight excluding hydrogens is 536 g/mol. The molecule has 0 atom stereocenters. The van der Waals surface area contributed by atoms with Gasteiger partial charge in [-0.1, -0.05) is 76.4 Å². The first kappa shape index (κ1) is 28.0. The second-order valence-electron chi connectivity index (χ2n) is 9.40. The van der Waals surface area contributed by atoms with Crippen LogP contribution in [0.5, 0.6) is 0 Å². The molecular formula is C37H36Zr. The third-order valence-corrected chi connectivity index (χ3v) is 8.51. The van der Waals surface area contributed by atoms with E-state index < -0.39 is 0 Å². The van der Waals surface area contributed by atoms with Crippen molar-refractivity contribution >= 4 is 24.8 Å². The first-order chi connectivity index (χ1) is 18.7. The van der Waals surface area contributed by atoms with Crippen LogP contribution in [0.15, 0.2) is 132 Å². The van der Waals surface area contributed by atoms with Crippen molar-refractivity contribution < 1.29 is 24.2 Å². The Morgan fingerprint density at radius 1 is 0.632 bits per heavy atom. The summed E-state index contributed by atoms with van der Waals surface area (Å²) in [5, 5.41) is 5.39. The van der Waals surface area contributed by atoms with Crippen LogP contribution in [0.3, 0.4) is 0 Å². The topological polar surface area (TPSA) is 0 Å². The average Bonchev–Trinajstić information content (AvgIpc) is 3.59. The van der Waals surface area contributed by atoms with Crippen LogP contribution in [0.4, 0.5) is 0 Å². The van der Waals surface area contributed by atoms with Gasteiger partial charge in [0, 0.05) is 0 Å². The van der Waals surface area contributed by atoms with Gasteiger partial charge in [0.25, 0.3) is 0 Å². The SMILES string of the molecule is CCC1=[C-]CC(CC)=C1CC.[Zr+2]=[C](c1ccccc1)c1ccccc1.c1ccc2c(c1)[cH-]c1ccccc12. The van der Waals surface area contributed by atoms with Gasteiger partial charge in [0.15, 0.2) is 0 Å². The first-order valence-electron chi connectivity index (χ1n) is 13.7. The fourth-order valence-corrected chi connectivity index (χ4v) is 5.88. The van der Waals surface area contributed by atoms with E-state index in [9.17, 15) is 0 Å². The van der Waals surface area contributed by atoms with Crippen molar-refractivity contribution in [3.05, 3.63) is 149 Å². The normalized spacial score (nSPS) is 12.5. The zero-order chi connectivity index (χ0) is 26.7. The molecule has 0 unspecified atom stereocenters. The molecule has 0 N–H and O–H groups in total. The van der Waals surface area contributed by atoms with Gasteiger partial charge >= 0.3 is 99.2 Å². The molecule has 5 aromatic carbocycles. The summed E-state index contributed by atoms with van der Waals surface area (Å²) in [6.07, 6.45) is 8.11. The third-order valence-electron chi connectivity index (χ3n) is 7.09. The number of hydrogen-bond acceptors (Lipinski definition) is 0. The van der Waals surface area contributed by atoms with Crippen molar-refractivity contribution in [3.8, 4) is 0 Å². The van der Waals surface area contributed by atoms with Gasteiger partial charge in [-0.15, -0.1) is 46.2 Å². The largest absolute Gasteiger partial charge is 0.126 e. The van der Waals surface area contributed by atoms with Crippen LogP contribution in [-0.2, 0) is 24.2 Å². The van der Waals surface area contributed by atoms with Crippen LogP contribution >= 0.6 is 0 Å². The molecule has 6 rings (SSSR count). The van der Waals surface area contributed by atoms with Gasteiger partial charge in [0.05, 0.1) is 0 Å². The standard InChI is InChI=1S/C13H9.C13H10.C11H17.Zr/c1-3-7-12-10(5-1)9-11-6-2-4-8-13(11)12;1-3-7-12(8-4-1)11-13-9-5-2-6-10-13;1-4-9-7-8-10(5-2)11(9)6-3;/h1-9H;1-10H;4-7H2,1-3H3;/q-1;;-1;+2. The Hall–Kier alpha value is -3.02. The van der Waals surface area contributed by atoms with Crippen LogP contribution < -0.4 is 0 Å². The summed E-state index contributed by atoms with van der Waals surface area (Å²) in [5.41, 5.74) is 7.34. The Balaban J connectivity index is 0.000000134. The zero-order valence-electron chi connectivity index (χ0n) is 22.8. The molecule has 1 aliphatic carbocycles. The van der Waals surface area contributed by atoms with Crippen molar-refractivity contribution in [1.82, 2.24) is 0 Å². The number of benzene rings is 4. The molecule has 0 nitrogen and oxygen atoms in total. The van der Waals surface area contributed by atoms with E-state index in [-0.39, 0.29) is 0 Å². The van der Waals surface area contributed by atoms with Gasteiger partial charge in [-0.25, -0.2) is 5.57 Å². The fraction of sp³-hybridized carbons (Fsp3) is 0.189. The van der Waals surface area contributed by atoms with Crippen LogP contribution in [-0.4, -0.2) is 3.21 Å². The summed E-state index contributed by atoms with van der Waals surface area (Å²) in [4.78, 5) is 0. The Morgan fingerprint density at radius 3 is 1.55 bits per heavy atom. The van der Waals surface area contributed by atoms with Crippen molar-refractivity contribution in [3.63, 3.8) is 0 Å². The van der Waals surface area contributed by atoms with E-state index in [1.54, 1.807) is 11.1 Å². The number of allylic oxidation sites excluding steroid dienone is 4. The Bertz CT molecular complexity index is 1440. The molecule has 0 amide bonds. The van der Waals surface area contributed by atoms with E-state index in [1.807, 2.05) is 0 Å². The monoisotopic (exact) mass is 570 g/mol. The molecule has 0 aromatic heterocycles. The molecule has 1 heteroatoms. The van der Waals surface area contributed by atoms with Crippen LogP contribution in [0, 0.1) is 6.08 Å². The molecule has 188 valence electrons. The number of rotatable bonds is 5. The molecule has 0 radical (unpaired) electrons. The first-order valence-corrected chi connectivity index (χ1v) is 14.9. The molecule has 38 heavy (non-hydrogen) atoms. The maximum Gasteiger partial charge on any atom is -0.0771 e. The molecule has 0 bridgehead atoms. The van der Waals surface area contributed by atoms with Crippen LogP contribution in [0.25, 0.3) is 21.5 Å². The molecule has 0 fully saturated rings. The molecule has 0 saturated carbocycles. The second kappa shape index (κ2) is 14.2. The fourth-order valence-electron chi connectivity index (χ4n) is 5.06. The number of hydrogen-bond donors (Lipinski definition) is 0. The average molecular weight is 572 g/mol. The summed E-state index contributed by atoms with van der Waals surface area (Å²) in [6.45, 7) is 6.70. The minimum absolute atomic E-state index is 1.10. The third kappa shape index (κ3) is 6.89. The van der Waals surface area contributed by atoms with Gasteiger partial charge in [0.2, 0.25) is 0 Å². The van der Waals surface area contributed by atoms with Gasteiger partial charge in [-0.2, -0.15) is 11.1 Å². The van der Waals surface area contributed by atoms with Crippen LogP contribution in [0.2, 0.25) is 0 Å². The summed E-state index contributed by atoms with van der Waals surface area (Å²) in [5.74, 6) is 0. The van der Waals surface area contributed by atoms with Crippen LogP contribution in [0.1, 0.15) is 57.6 Å². The summed E-state index contributed by atoms with van der Waals surface area (Å²) >= 11 is 1.46. The maximum absolute atomic E-state index is 3.45. The van der Waals surface area contributed by atoms with E-state index in [1.165, 1.54) is 78.5 Å². The predicted octanol–water partition coefficient (Wildman–Crippen LogP) is 10.2. The van der Waals surface area contributed by atoms with Crippen molar-refractivity contribution in [2.24, 2.45) is 0 Å². The van der Waals surface area contributed by atoms with Gasteiger partial charge < -0.3 is 0 Å². The smallest absolute Gasteiger partial charge is 0.0771 e. The predicted molar refractivity (Wildman–Crippen MR) is 162 cm³/mol. The van der Waals surface area contributed by atoms with Crippen molar-refractivity contribution in [2.45, 2.75) is 46.5 Å². The summed E-state index contributed by atoms with van der Waals surface area (Å²) in [7, 11) is 0. The molecule has 0 spiro atoms. The van der Waals surface area contributed by atoms with Crippen molar-refractivity contribution in [1.29, 1.82) is 0 Å². The number of fused-ring (bicyclic) bond motifs is 3. The zero-order valence-corrected chi connectivity index (χ0v) is 25.3. The Kier molecular flexibility index (Phi) is 10.5. The van der Waals surface area contributed by atoms with Crippen molar-refractivity contribution in [2.75, 3.05) is 0 Å². The van der Waals surface area contributed by atoms with E-state index in [2.05, 4.69) is 142 Å². The Morgan fingerprint density at radius 2 is 1.11 bits per heavy atom. The van der Waals surface area contributed by atoms with E-state index >= 15 is 0 Å². The molecule has 0 saturated heterocycles. The quantitative estimate of drug-likeness (QED) is 0.184. The minimum Gasteiger partial charge on any atom is -0.126 e. The van der Waals surface area contributed by atoms with Gasteiger partial charge in [-0.05, 0) is 0 Å². The maximum atomic E-state index is 3.45. The molecule has 1 aliphatic rings. The minimum atomic E-state index is 1.10.